The maximum absolute atomic E-state index is 10.4. The monoisotopic (exact) mass is 219 g/mol. The predicted molar refractivity (Wildman–Crippen MR) is 42.3 cm³/mol. The molecule has 60 valence electrons. The molecule has 1 aromatic rings. The van der Waals surface area contributed by atoms with Gasteiger partial charge in [0.25, 0.3) is 4.73 Å². The summed E-state index contributed by atoms with van der Waals surface area (Å²) in [7, 11) is 1.59. The number of aromatic nitrogens is 2. The van der Waals surface area contributed by atoms with Crippen LogP contribution in [0.25, 0.3) is 0 Å². The summed E-state index contributed by atoms with van der Waals surface area (Å²) in [6.07, 6.45) is 0. The molecular weight excluding hydrogens is 214 g/mol. The quantitative estimate of drug-likeness (QED) is 0.530. The Bertz CT molecular complexity index is 307. The van der Waals surface area contributed by atoms with Crippen LogP contribution in [-0.4, -0.2) is 14.5 Å². The van der Waals surface area contributed by atoms with Gasteiger partial charge in [-0.1, -0.05) is 0 Å². The van der Waals surface area contributed by atoms with E-state index in [0.717, 1.165) is 0 Å². The van der Waals surface area contributed by atoms with Gasteiger partial charge in [0, 0.05) is 15.9 Å². The second-order valence-electron chi connectivity index (χ2n) is 2.11. The number of rotatable bonds is 1. The zero-order chi connectivity index (χ0) is 8.59. The molecule has 0 bridgehead atoms. The normalized spacial score (nSPS) is 10.1. The van der Waals surface area contributed by atoms with E-state index in [1.807, 2.05) is 0 Å². The van der Waals surface area contributed by atoms with Crippen molar-refractivity contribution in [1.82, 2.24) is 9.55 Å². The molecule has 0 unspecified atom stereocenters. The molecular formula is C5H6BrN3O2. The van der Waals surface area contributed by atoms with Crippen LogP contribution in [-0.2, 0) is 7.05 Å². The lowest BCUT2D eigenvalue weighted by molar-refractivity contribution is -0.392. The van der Waals surface area contributed by atoms with Gasteiger partial charge in [-0.2, -0.15) is 4.98 Å². The van der Waals surface area contributed by atoms with Crippen LogP contribution in [0.4, 0.5) is 5.82 Å². The Morgan fingerprint density at radius 1 is 1.73 bits per heavy atom. The van der Waals surface area contributed by atoms with E-state index in [1.54, 1.807) is 14.0 Å². The zero-order valence-corrected chi connectivity index (χ0v) is 7.62. The lowest BCUT2D eigenvalue weighted by atomic mass is 10.5. The maximum Gasteiger partial charge on any atom is 0.346 e. The first-order valence-electron chi connectivity index (χ1n) is 2.87. The average Bonchev–Trinajstić information content (AvgIpc) is 2.07. The first-order valence-corrected chi connectivity index (χ1v) is 3.66. The third kappa shape index (κ3) is 1.25. The summed E-state index contributed by atoms with van der Waals surface area (Å²) < 4.78 is 1.86. The Morgan fingerprint density at radius 2 is 2.27 bits per heavy atom. The fourth-order valence-corrected chi connectivity index (χ4v) is 1.28. The van der Waals surface area contributed by atoms with Crippen molar-refractivity contribution in [2.24, 2.45) is 7.05 Å². The highest BCUT2D eigenvalue weighted by Gasteiger charge is 2.19. The lowest BCUT2D eigenvalue weighted by Gasteiger charge is -1.93. The van der Waals surface area contributed by atoms with Gasteiger partial charge in [0.2, 0.25) is 0 Å². The van der Waals surface area contributed by atoms with E-state index in [2.05, 4.69) is 20.9 Å². The van der Waals surface area contributed by atoms with Crippen molar-refractivity contribution >= 4 is 21.7 Å². The van der Waals surface area contributed by atoms with Gasteiger partial charge in [-0.3, -0.25) is 0 Å². The number of hydrogen-bond donors (Lipinski definition) is 0. The second-order valence-corrected chi connectivity index (χ2v) is 2.82. The van der Waals surface area contributed by atoms with E-state index in [0.29, 0.717) is 10.4 Å². The minimum Gasteiger partial charge on any atom is -0.358 e. The number of hydrogen-bond acceptors (Lipinski definition) is 3. The Hall–Kier alpha value is -0.910. The van der Waals surface area contributed by atoms with E-state index in [1.165, 1.54) is 4.57 Å². The molecule has 1 heterocycles. The summed E-state index contributed by atoms with van der Waals surface area (Å²) in [5.41, 5.74) is 0.421. The van der Waals surface area contributed by atoms with Crippen molar-refractivity contribution in [3.63, 3.8) is 0 Å². The maximum atomic E-state index is 10.4. The van der Waals surface area contributed by atoms with E-state index < -0.39 is 4.92 Å². The Labute approximate surface area is 71.3 Å². The molecule has 11 heavy (non-hydrogen) atoms. The summed E-state index contributed by atoms with van der Waals surface area (Å²) >= 11 is 3.08. The molecule has 0 saturated heterocycles. The molecule has 0 aliphatic rings. The molecule has 0 atom stereocenters. The molecule has 0 spiro atoms. The molecule has 0 aliphatic carbocycles. The molecule has 1 aromatic heterocycles. The van der Waals surface area contributed by atoms with E-state index in [4.69, 9.17) is 0 Å². The van der Waals surface area contributed by atoms with Crippen molar-refractivity contribution in [3.05, 3.63) is 20.5 Å². The van der Waals surface area contributed by atoms with Gasteiger partial charge in [-0.05, 0) is 11.8 Å². The first-order chi connectivity index (χ1) is 5.04. The molecule has 0 aromatic carbocycles. The van der Waals surface area contributed by atoms with Crippen LogP contribution in [0.5, 0.6) is 0 Å². The summed E-state index contributed by atoms with van der Waals surface area (Å²) in [4.78, 5) is 13.8. The molecule has 0 aliphatic heterocycles. The standard InChI is InChI=1S/C5H6BrN3O2/c1-3-4(9(10)11)8(2)5(6)7-3/h1-2H3. The SMILES string of the molecule is Cc1nc(Br)n(C)c1[N+](=O)[O-]. The van der Waals surface area contributed by atoms with Crippen molar-refractivity contribution in [1.29, 1.82) is 0 Å². The topological polar surface area (TPSA) is 61.0 Å². The minimum atomic E-state index is -0.451. The van der Waals surface area contributed by atoms with Gasteiger partial charge < -0.3 is 10.1 Å². The highest BCUT2D eigenvalue weighted by atomic mass is 79.9. The van der Waals surface area contributed by atoms with Crippen LogP contribution in [0.3, 0.4) is 0 Å². The van der Waals surface area contributed by atoms with Crippen LogP contribution in [0.15, 0.2) is 4.73 Å². The smallest absolute Gasteiger partial charge is 0.346 e. The molecule has 0 saturated carbocycles. The van der Waals surface area contributed by atoms with Gasteiger partial charge >= 0.3 is 5.82 Å². The number of halogens is 1. The summed E-state index contributed by atoms with van der Waals surface area (Å²) in [5, 5.41) is 10.4. The Morgan fingerprint density at radius 3 is 2.45 bits per heavy atom. The second kappa shape index (κ2) is 2.61. The van der Waals surface area contributed by atoms with Crippen LogP contribution < -0.4 is 0 Å². The molecule has 6 heteroatoms. The largest absolute Gasteiger partial charge is 0.358 e. The third-order valence-corrected chi connectivity index (χ3v) is 2.06. The van der Waals surface area contributed by atoms with Gasteiger partial charge in [0.15, 0.2) is 0 Å². The number of nitrogens with zero attached hydrogens (tertiary/aromatic N) is 3. The van der Waals surface area contributed by atoms with Crippen LogP contribution in [0.1, 0.15) is 5.69 Å². The molecule has 0 fully saturated rings. The zero-order valence-electron chi connectivity index (χ0n) is 6.04. The fourth-order valence-electron chi connectivity index (χ4n) is 0.848. The van der Waals surface area contributed by atoms with Crippen molar-refractivity contribution < 1.29 is 4.92 Å². The number of nitro groups is 1. The average molecular weight is 220 g/mol. The van der Waals surface area contributed by atoms with Gasteiger partial charge in [-0.15, -0.1) is 0 Å². The Kier molecular flexibility index (Phi) is 1.95. The fraction of sp³-hybridized carbons (Fsp3) is 0.400. The molecule has 1 rings (SSSR count). The summed E-state index contributed by atoms with van der Waals surface area (Å²) in [6, 6.07) is 0. The van der Waals surface area contributed by atoms with Gasteiger partial charge in [0.05, 0.1) is 7.05 Å². The third-order valence-electron chi connectivity index (χ3n) is 1.35. The highest BCUT2D eigenvalue weighted by Crippen LogP contribution is 2.20. The molecule has 0 N–H and O–H groups in total. The predicted octanol–water partition coefficient (Wildman–Crippen LogP) is 1.40. The summed E-state index contributed by atoms with van der Waals surface area (Å²) in [5.74, 6) is 0.0249. The molecule has 0 radical (unpaired) electrons. The van der Waals surface area contributed by atoms with Crippen molar-refractivity contribution in [2.45, 2.75) is 6.92 Å². The molecule has 5 nitrogen and oxygen atoms in total. The molecule has 0 amide bonds. The lowest BCUT2D eigenvalue weighted by Crippen LogP contribution is -1.97. The van der Waals surface area contributed by atoms with E-state index >= 15 is 0 Å². The minimum absolute atomic E-state index is 0.0249. The van der Waals surface area contributed by atoms with E-state index in [9.17, 15) is 10.1 Å². The summed E-state index contributed by atoms with van der Waals surface area (Å²) in [6.45, 7) is 1.60. The number of imidazole rings is 1. The van der Waals surface area contributed by atoms with E-state index in [-0.39, 0.29) is 5.82 Å². The van der Waals surface area contributed by atoms with Crippen LogP contribution >= 0.6 is 15.9 Å². The highest BCUT2D eigenvalue weighted by molar-refractivity contribution is 9.10. The Balaban J connectivity index is 3.34. The number of aryl methyl sites for hydroxylation is 1. The van der Waals surface area contributed by atoms with Crippen LogP contribution in [0, 0.1) is 17.0 Å². The van der Waals surface area contributed by atoms with Crippen LogP contribution in [0.2, 0.25) is 0 Å². The van der Waals surface area contributed by atoms with Gasteiger partial charge in [0.1, 0.15) is 5.69 Å². The van der Waals surface area contributed by atoms with Crippen molar-refractivity contribution in [3.8, 4) is 0 Å². The first kappa shape index (κ1) is 8.19. The van der Waals surface area contributed by atoms with Crippen molar-refractivity contribution in [2.75, 3.05) is 0 Å². The van der Waals surface area contributed by atoms with Gasteiger partial charge in [-0.25, -0.2) is 4.57 Å².